The molecular weight excluding hydrogens is 303 g/mol. The van der Waals surface area contributed by atoms with Gasteiger partial charge in [0.05, 0.1) is 5.56 Å². The number of rotatable bonds is 5. The molecule has 0 radical (unpaired) electrons. The van der Waals surface area contributed by atoms with E-state index >= 15 is 0 Å². The van der Waals surface area contributed by atoms with Crippen LogP contribution in [0.25, 0.3) is 0 Å². The molecule has 0 atom stereocenters. The highest BCUT2D eigenvalue weighted by molar-refractivity contribution is 5.88. The highest BCUT2D eigenvalue weighted by Crippen LogP contribution is 2.32. The Hall–Kier alpha value is -2.25. The van der Waals surface area contributed by atoms with E-state index in [4.69, 9.17) is 9.84 Å². The van der Waals surface area contributed by atoms with Crippen molar-refractivity contribution in [3.05, 3.63) is 29.8 Å². The van der Waals surface area contributed by atoms with Gasteiger partial charge in [-0.15, -0.1) is 0 Å². The van der Waals surface area contributed by atoms with Gasteiger partial charge in [0.1, 0.15) is 11.3 Å². The average molecular weight is 317 g/mol. The number of ether oxygens (including phenoxy) is 1. The predicted octanol–water partition coefficient (Wildman–Crippen LogP) is 2.21. The molecule has 1 saturated carbocycles. The monoisotopic (exact) mass is 317 g/mol. The normalized spacial score (nSPS) is 16.5. The summed E-state index contributed by atoms with van der Waals surface area (Å²) in [6.45, 7) is -0.458. The first-order valence-corrected chi connectivity index (χ1v) is 6.57. The van der Waals surface area contributed by atoms with Gasteiger partial charge < -0.3 is 15.2 Å². The van der Waals surface area contributed by atoms with Crippen LogP contribution in [0.4, 0.5) is 13.2 Å². The predicted molar refractivity (Wildman–Crippen MR) is 69.3 cm³/mol. The van der Waals surface area contributed by atoms with Gasteiger partial charge in [0.25, 0.3) is 5.91 Å². The molecule has 0 heterocycles. The largest absolute Gasteiger partial charge is 0.484 e. The molecule has 0 spiro atoms. The number of benzene rings is 1. The van der Waals surface area contributed by atoms with Crippen molar-refractivity contribution in [2.24, 2.45) is 0 Å². The van der Waals surface area contributed by atoms with E-state index in [0.717, 1.165) is 24.3 Å². The molecule has 2 rings (SSSR count). The summed E-state index contributed by atoms with van der Waals surface area (Å²) in [7, 11) is 0. The van der Waals surface area contributed by atoms with Gasteiger partial charge in [0, 0.05) is 0 Å². The number of hydrogen-bond donors (Lipinski definition) is 2. The molecule has 2 N–H and O–H groups in total. The van der Waals surface area contributed by atoms with Crippen LogP contribution in [0.2, 0.25) is 0 Å². The maximum absolute atomic E-state index is 12.4. The first-order valence-electron chi connectivity index (χ1n) is 6.57. The zero-order valence-electron chi connectivity index (χ0n) is 11.4. The molecule has 1 amide bonds. The maximum atomic E-state index is 12.4. The van der Waals surface area contributed by atoms with Crippen LogP contribution in [0.1, 0.15) is 24.8 Å². The van der Waals surface area contributed by atoms with Crippen molar-refractivity contribution in [3.8, 4) is 5.75 Å². The van der Waals surface area contributed by atoms with Gasteiger partial charge in [-0.05, 0) is 43.5 Å². The molecule has 120 valence electrons. The van der Waals surface area contributed by atoms with E-state index in [-0.39, 0.29) is 5.75 Å². The Labute approximate surface area is 124 Å². The summed E-state index contributed by atoms with van der Waals surface area (Å²) in [5, 5.41) is 11.5. The van der Waals surface area contributed by atoms with Crippen LogP contribution in [0.15, 0.2) is 24.3 Å². The number of carbonyl (C=O) groups is 2. The molecule has 0 aliphatic heterocycles. The van der Waals surface area contributed by atoms with Gasteiger partial charge in [0.2, 0.25) is 0 Å². The van der Waals surface area contributed by atoms with Gasteiger partial charge in [-0.2, -0.15) is 13.2 Å². The lowest BCUT2D eigenvalue weighted by atomic mass is 9.77. The summed E-state index contributed by atoms with van der Waals surface area (Å²) in [4.78, 5) is 22.8. The summed E-state index contributed by atoms with van der Waals surface area (Å²) in [6.07, 6.45) is -3.01. The quantitative estimate of drug-likeness (QED) is 0.873. The smallest absolute Gasteiger partial charge is 0.416 e. The Morgan fingerprint density at radius 1 is 1.23 bits per heavy atom. The Morgan fingerprint density at radius 3 is 2.23 bits per heavy atom. The second kappa shape index (κ2) is 5.86. The van der Waals surface area contributed by atoms with E-state index in [0.29, 0.717) is 19.3 Å². The minimum Gasteiger partial charge on any atom is -0.484 e. The van der Waals surface area contributed by atoms with E-state index in [1.54, 1.807) is 0 Å². The Kier molecular flexibility index (Phi) is 4.30. The number of hydrogen-bond acceptors (Lipinski definition) is 3. The van der Waals surface area contributed by atoms with Gasteiger partial charge >= 0.3 is 12.1 Å². The third-order valence-electron chi connectivity index (χ3n) is 3.55. The number of alkyl halides is 3. The lowest BCUT2D eigenvalue weighted by Gasteiger charge is -2.38. The molecule has 22 heavy (non-hydrogen) atoms. The van der Waals surface area contributed by atoms with Crippen molar-refractivity contribution >= 4 is 11.9 Å². The molecule has 1 fully saturated rings. The molecule has 0 bridgehead atoms. The first kappa shape index (κ1) is 16.1. The van der Waals surface area contributed by atoms with E-state index < -0.39 is 35.8 Å². The SMILES string of the molecule is O=C(COc1ccc(C(F)(F)F)cc1)NC1(C(=O)O)CCC1. The minimum atomic E-state index is -4.44. The summed E-state index contributed by atoms with van der Waals surface area (Å²) < 4.78 is 42.2. The summed E-state index contributed by atoms with van der Waals surface area (Å²) in [5.74, 6) is -1.62. The Morgan fingerprint density at radius 2 is 1.82 bits per heavy atom. The van der Waals surface area contributed by atoms with Crippen molar-refractivity contribution in [1.29, 1.82) is 0 Å². The zero-order valence-corrected chi connectivity index (χ0v) is 11.4. The summed E-state index contributed by atoms with van der Waals surface area (Å²) >= 11 is 0. The van der Waals surface area contributed by atoms with Crippen molar-refractivity contribution in [2.45, 2.75) is 31.0 Å². The van der Waals surface area contributed by atoms with Crippen LogP contribution in [-0.2, 0) is 15.8 Å². The molecule has 0 aromatic heterocycles. The third-order valence-corrected chi connectivity index (χ3v) is 3.55. The van der Waals surface area contributed by atoms with Crippen LogP contribution < -0.4 is 10.1 Å². The van der Waals surface area contributed by atoms with Crippen molar-refractivity contribution in [3.63, 3.8) is 0 Å². The highest BCUT2D eigenvalue weighted by atomic mass is 19.4. The van der Waals surface area contributed by atoms with Crippen LogP contribution in [0.3, 0.4) is 0 Å². The number of carboxylic acids is 1. The number of nitrogens with one attached hydrogen (secondary N) is 1. The van der Waals surface area contributed by atoms with Crippen LogP contribution in [-0.4, -0.2) is 29.1 Å². The summed E-state index contributed by atoms with van der Waals surface area (Å²) in [6, 6.07) is 3.90. The topological polar surface area (TPSA) is 75.6 Å². The first-order chi connectivity index (χ1) is 10.2. The molecule has 0 unspecified atom stereocenters. The number of amides is 1. The van der Waals surface area contributed by atoms with E-state index in [2.05, 4.69) is 5.32 Å². The fourth-order valence-electron chi connectivity index (χ4n) is 2.11. The Balaban J connectivity index is 1.87. The van der Waals surface area contributed by atoms with Gasteiger partial charge in [-0.25, -0.2) is 4.79 Å². The van der Waals surface area contributed by atoms with Gasteiger partial charge in [0.15, 0.2) is 6.61 Å². The van der Waals surface area contributed by atoms with E-state index in [9.17, 15) is 22.8 Å². The number of aliphatic carboxylic acids is 1. The third kappa shape index (κ3) is 3.49. The second-order valence-electron chi connectivity index (χ2n) is 5.10. The van der Waals surface area contributed by atoms with Crippen LogP contribution in [0, 0.1) is 0 Å². The standard InChI is InChI=1S/C14H14F3NO4/c15-14(16,17)9-2-4-10(5-3-9)22-8-11(19)18-13(12(20)21)6-1-7-13/h2-5H,1,6-8H2,(H,18,19)(H,20,21). The van der Waals surface area contributed by atoms with E-state index in [1.165, 1.54) is 0 Å². The molecule has 8 heteroatoms. The average Bonchev–Trinajstić information content (AvgIpc) is 2.39. The Bertz CT molecular complexity index is 564. The van der Waals surface area contributed by atoms with Crippen LogP contribution >= 0.6 is 0 Å². The zero-order chi connectivity index (χ0) is 16.4. The second-order valence-corrected chi connectivity index (χ2v) is 5.10. The molecule has 1 aliphatic rings. The molecule has 5 nitrogen and oxygen atoms in total. The highest BCUT2D eigenvalue weighted by Gasteiger charge is 2.45. The number of carbonyl (C=O) groups excluding carboxylic acids is 1. The lowest BCUT2D eigenvalue weighted by molar-refractivity contribution is -0.152. The molecule has 0 saturated heterocycles. The molecule has 1 aromatic rings. The number of carboxylic acid groups (broad SMARTS) is 1. The van der Waals surface area contributed by atoms with Crippen LogP contribution in [0.5, 0.6) is 5.75 Å². The minimum absolute atomic E-state index is 0.0983. The van der Waals surface area contributed by atoms with Crippen molar-refractivity contribution < 1.29 is 32.6 Å². The molecule has 1 aliphatic carbocycles. The lowest BCUT2D eigenvalue weighted by Crippen LogP contribution is -2.59. The molecule has 1 aromatic carbocycles. The van der Waals surface area contributed by atoms with Gasteiger partial charge in [-0.1, -0.05) is 0 Å². The molecular formula is C14H14F3NO4. The fourth-order valence-corrected chi connectivity index (χ4v) is 2.11. The van der Waals surface area contributed by atoms with E-state index in [1.807, 2.05) is 0 Å². The summed E-state index contributed by atoms with van der Waals surface area (Å²) in [5.41, 5.74) is -2.05. The fraction of sp³-hybridized carbons (Fsp3) is 0.429. The van der Waals surface area contributed by atoms with Gasteiger partial charge in [-0.3, -0.25) is 4.79 Å². The van der Waals surface area contributed by atoms with Crippen molar-refractivity contribution in [1.82, 2.24) is 5.32 Å². The number of halogens is 3. The maximum Gasteiger partial charge on any atom is 0.416 e. The van der Waals surface area contributed by atoms with Crippen molar-refractivity contribution in [2.75, 3.05) is 6.61 Å².